The molecule has 1 amide bonds. The van der Waals surface area contributed by atoms with Gasteiger partial charge in [0.25, 0.3) is 5.91 Å². The lowest BCUT2D eigenvalue weighted by atomic mass is 9.74. The molecule has 0 aliphatic carbocycles. The third-order valence-corrected chi connectivity index (χ3v) is 5.25. The average Bonchev–Trinajstić information content (AvgIpc) is 3.13. The van der Waals surface area contributed by atoms with Gasteiger partial charge in [0, 0.05) is 24.1 Å². The number of aromatic nitrogens is 2. The van der Waals surface area contributed by atoms with Crippen LogP contribution in [0.5, 0.6) is 0 Å². The number of aromatic amines is 1. The van der Waals surface area contributed by atoms with Gasteiger partial charge in [0.1, 0.15) is 5.82 Å². The van der Waals surface area contributed by atoms with Gasteiger partial charge in [0.2, 0.25) is 0 Å². The number of hydrogen-bond acceptors (Lipinski definition) is 4. The largest absolute Gasteiger partial charge is 0.396 e. The number of nitrogens with zero attached hydrogens (tertiary/aromatic N) is 2. The first kappa shape index (κ1) is 18.5. The number of likely N-dealkylation sites (tertiary alicyclic amines) is 1. The number of carbonyl (C=O) groups excluding carboxylic acids is 1. The maximum atomic E-state index is 14.1. The lowest BCUT2D eigenvalue weighted by Gasteiger charge is -2.45. The standard InChI is InChI=1S/C19H24FN3O3/c1-2-8-19(12-24)11-23(9-7-16(19)25)18(26)14-10-21-22-17(14)13-5-3-4-6-15(13)20/h3-6,10,16,24-25H,2,7-9,11-12H2,1H3,(H,21,22)/t16-,19+/m1/s1. The van der Waals surface area contributed by atoms with E-state index in [-0.39, 0.29) is 30.2 Å². The SMILES string of the molecule is CCC[C@@]1(CO)CN(C(=O)c2cn[nH]c2-c2ccccc2F)CC[C@H]1O. The van der Waals surface area contributed by atoms with E-state index >= 15 is 0 Å². The number of hydrogen-bond donors (Lipinski definition) is 3. The first-order valence-corrected chi connectivity index (χ1v) is 8.89. The second-order valence-electron chi connectivity index (χ2n) is 6.94. The molecule has 6 nitrogen and oxygen atoms in total. The molecule has 1 aromatic heterocycles. The van der Waals surface area contributed by atoms with Crippen molar-refractivity contribution in [1.82, 2.24) is 15.1 Å². The summed E-state index contributed by atoms with van der Waals surface area (Å²) < 4.78 is 14.1. The molecule has 2 atom stereocenters. The summed E-state index contributed by atoms with van der Waals surface area (Å²) in [7, 11) is 0. The molecule has 2 aromatic rings. The van der Waals surface area contributed by atoms with Crippen molar-refractivity contribution < 1.29 is 19.4 Å². The van der Waals surface area contributed by atoms with Crippen LogP contribution in [0, 0.1) is 11.2 Å². The third-order valence-electron chi connectivity index (χ3n) is 5.25. The number of amides is 1. The van der Waals surface area contributed by atoms with E-state index in [9.17, 15) is 19.4 Å². The lowest BCUT2D eigenvalue weighted by Crippen LogP contribution is -2.55. The molecule has 1 aliphatic heterocycles. The quantitative estimate of drug-likeness (QED) is 0.762. The van der Waals surface area contributed by atoms with Crippen LogP contribution < -0.4 is 0 Å². The van der Waals surface area contributed by atoms with Gasteiger partial charge in [-0.15, -0.1) is 0 Å². The van der Waals surface area contributed by atoms with Crippen molar-refractivity contribution in [3.63, 3.8) is 0 Å². The number of aliphatic hydroxyl groups excluding tert-OH is 2. The number of aliphatic hydroxyl groups is 2. The van der Waals surface area contributed by atoms with Crippen LogP contribution in [0.1, 0.15) is 36.5 Å². The Morgan fingerprint density at radius 2 is 2.23 bits per heavy atom. The zero-order valence-corrected chi connectivity index (χ0v) is 14.8. The molecular formula is C19H24FN3O3. The Balaban J connectivity index is 1.89. The minimum Gasteiger partial charge on any atom is -0.396 e. The van der Waals surface area contributed by atoms with E-state index in [0.717, 1.165) is 6.42 Å². The molecule has 0 spiro atoms. The van der Waals surface area contributed by atoms with Gasteiger partial charge in [-0.25, -0.2) is 4.39 Å². The molecular weight excluding hydrogens is 337 g/mol. The molecule has 0 unspecified atom stereocenters. The van der Waals surface area contributed by atoms with Crippen LogP contribution in [0.25, 0.3) is 11.3 Å². The molecule has 3 rings (SSSR count). The fraction of sp³-hybridized carbons (Fsp3) is 0.474. The first-order valence-electron chi connectivity index (χ1n) is 8.89. The monoisotopic (exact) mass is 361 g/mol. The van der Waals surface area contributed by atoms with E-state index in [1.807, 2.05) is 6.92 Å². The Labute approximate surface area is 151 Å². The molecule has 1 saturated heterocycles. The molecule has 0 radical (unpaired) electrons. The molecule has 140 valence electrons. The van der Waals surface area contributed by atoms with Crippen LogP contribution in [0.4, 0.5) is 4.39 Å². The number of piperidine rings is 1. The fourth-order valence-corrected chi connectivity index (χ4v) is 3.79. The fourth-order valence-electron chi connectivity index (χ4n) is 3.79. The van der Waals surface area contributed by atoms with Gasteiger partial charge in [0.05, 0.1) is 30.2 Å². The highest BCUT2D eigenvalue weighted by molar-refractivity contribution is 5.99. The van der Waals surface area contributed by atoms with Crippen molar-refractivity contribution in [1.29, 1.82) is 0 Å². The number of halogens is 1. The number of rotatable bonds is 5. The summed E-state index contributed by atoms with van der Waals surface area (Å²) in [4.78, 5) is 14.7. The van der Waals surface area contributed by atoms with Crippen molar-refractivity contribution in [2.24, 2.45) is 5.41 Å². The molecule has 0 bridgehead atoms. The van der Waals surface area contributed by atoms with Crippen molar-refractivity contribution >= 4 is 5.91 Å². The minimum absolute atomic E-state index is 0.183. The maximum Gasteiger partial charge on any atom is 0.257 e. The van der Waals surface area contributed by atoms with Gasteiger partial charge < -0.3 is 15.1 Å². The Morgan fingerprint density at radius 1 is 1.46 bits per heavy atom. The van der Waals surface area contributed by atoms with Crippen LogP contribution in [0.15, 0.2) is 30.5 Å². The molecule has 1 aromatic carbocycles. The smallest absolute Gasteiger partial charge is 0.257 e. The minimum atomic E-state index is -0.718. The van der Waals surface area contributed by atoms with E-state index in [1.54, 1.807) is 23.1 Å². The summed E-state index contributed by atoms with van der Waals surface area (Å²) >= 11 is 0. The Kier molecular flexibility index (Phi) is 5.38. The molecule has 2 heterocycles. The molecule has 1 fully saturated rings. The average molecular weight is 361 g/mol. The van der Waals surface area contributed by atoms with E-state index in [1.165, 1.54) is 12.3 Å². The van der Waals surface area contributed by atoms with Crippen molar-refractivity contribution in [2.75, 3.05) is 19.7 Å². The van der Waals surface area contributed by atoms with Crippen LogP contribution in [-0.2, 0) is 0 Å². The van der Waals surface area contributed by atoms with Gasteiger partial charge >= 0.3 is 0 Å². The predicted molar refractivity (Wildman–Crippen MR) is 94.9 cm³/mol. The first-order chi connectivity index (χ1) is 12.5. The molecule has 0 saturated carbocycles. The molecule has 7 heteroatoms. The topological polar surface area (TPSA) is 89.5 Å². The predicted octanol–water partition coefficient (Wildman–Crippen LogP) is 2.20. The summed E-state index contributed by atoms with van der Waals surface area (Å²) in [6.45, 7) is 2.45. The van der Waals surface area contributed by atoms with Gasteiger partial charge in [0.15, 0.2) is 0 Å². The second kappa shape index (κ2) is 7.55. The normalized spacial score (nSPS) is 23.2. The summed E-state index contributed by atoms with van der Waals surface area (Å²) in [6, 6.07) is 6.21. The van der Waals surface area contributed by atoms with Crippen LogP contribution in [0.2, 0.25) is 0 Å². The highest BCUT2D eigenvalue weighted by Gasteiger charge is 2.43. The van der Waals surface area contributed by atoms with E-state index in [0.29, 0.717) is 25.1 Å². The highest BCUT2D eigenvalue weighted by atomic mass is 19.1. The maximum absolute atomic E-state index is 14.1. The summed E-state index contributed by atoms with van der Waals surface area (Å²) in [5, 5.41) is 26.9. The van der Waals surface area contributed by atoms with Gasteiger partial charge in [-0.3, -0.25) is 9.89 Å². The third kappa shape index (κ3) is 3.24. The number of H-pyrrole nitrogens is 1. The lowest BCUT2D eigenvalue weighted by molar-refractivity contribution is -0.0720. The molecule has 3 N–H and O–H groups in total. The van der Waals surface area contributed by atoms with Crippen LogP contribution in [0.3, 0.4) is 0 Å². The summed E-state index contributed by atoms with van der Waals surface area (Å²) in [6.07, 6.45) is 2.58. The van der Waals surface area contributed by atoms with Gasteiger partial charge in [-0.2, -0.15) is 5.10 Å². The van der Waals surface area contributed by atoms with Crippen LogP contribution in [-0.4, -0.2) is 57.0 Å². The number of benzene rings is 1. The zero-order valence-electron chi connectivity index (χ0n) is 14.8. The highest BCUT2D eigenvalue weighted by Crippen LogP contribution is 2.36. The van der Waals surface area contributed by atoms with Crippen molar-refractivity contribution in [3.8, 4) is 11.3 Å². The van der Waals surface area contributed by atoms with Gasteiger partial charge in [-0.05, 0) is 25.0 Å². The van der Waals surface area contributed by atoms with Gasteiger partial charge in [-0.1, -0.05) is 25.5 Å². The zero-order chi connectivity index (χ0) is 18.7. The molecule has 1 aliphatic rings. The second-order valence-corrected chi connectivity index (χ2v) is 6.94. The van der Waals surface area contributed by atoms with E-state index in [2.05, 4.69) is 10.2 Å². The summed E-state index contributed by atoms with van der Waals surface area (Å²) in [5.74, 6) is -0.714. The Morgan fingerprint density at radius 3 is 2.92 bits per heavy atom. The summed E-state index contributed by atoms with van der Waals surface area (Å²) in [5.41, 5.74) is 0.191. The Bertz CT molecular complexity index is 779. The van der Waals surface area contributed by atoms with Crippen molar-refractivity contribution in [2.45, 2.75) is 32.3 Å². The van der Waals surface area contributed by atoms with Crippen LogP contribution >= 0.6 is 0 Å². The molecule has 26 heavy (non-hydrogen) atoms. The van der Waals surface area contributed by atoms with Crippen molar-refractivity contribution in [3.05, 3.63) is 41.8 Å². The number of nitrogens with one attached hydrogen (secondary N) is 1. The van der Waals surface area contributed by atoms with E-state index in [4.69, 9.17) is 0 Å². The van der Waals surface area contributed by atoms with E-state index < -0.39 is 17.3 Å². The number of carbonyl (C=O) groups is 1. The Hall–Kier alpha value is -2.25.